The van der Waals surface area contributed by atoms with Crippen molar-refractivity contribution in [2.75, 3.05) is 17.7 Å². The summed E-state index contributed by atoms with van der Waals surface area (Å²) in [5, 5.41) is 12.7. The number of rotatable bonds is 8. The molecule has 3 rings (SSSR count). The number of aryl methyl sites for hydroxylation is 2. The Morgan fingerprint density at radius 3 is 2.58 bits per heavy atom. The zero-order valence-corrected chi connectivity index (χ0v) is 19.9. The molecule has 1 N–H and O–H groups in total. The number of esters is 1. The minimum atomic E-state index is -0.416. The van der Waals surface area contributed by atoms with Crippen LogP contribution in [-0.4, -0.2) is 39.0 Å². The van der Waals surface area contributed by atoms with Gasteiger partial charge in [-0.05, 0) is 45.7 Å². The van der Waals surface area contributed by atoms with E-state index in [9.17, 15) is 9.59 Å². The van der Waals surface area contributed by atoms with Crippen molar-refractivity contribution >= 4 is 40.0 Å². The van der Waals surface area contributed by atoms with Crippen LogP contribution in [0.2, 0.25) is 0 Å². The summed E-state index contributed by atoms with van der Waals surface area (Å²) in [5.74, 6) is 0.322. The molecule has 0 radical (unpaired) electrons. The number of nitrogens with zero attached hydrogens (tertiary/aromatic N) is 3. The fourth-order valence-corrected chi connectivity index (χ4v) is 5.03. The van der Waals surface area contributed by atoms with E-state index >= 15 is 0 Å². The number of benzene rings is 1. The van der Waals surface area contributed by atoms with Gasteiger partial charge >= 0.3 is 5.97 Å². The Morgan fingerprint density at radius 2 is 1.90 bits per heavy atom. The van der Waals surface area contributed by atoms with Crippen LogP contribution < -0.4 is 5.32 Å². The number of nitrogens with one attached hydrogen (secondary N) is 1. The number of hydrogen-bond donors (Lipinski definition) is 1. The second kappa shape index (κ2) is 10.1. The Labute approximate surface area is 190 Å². The predicted molar refractivity (Wildman–Crippen MR) is 125 cm³/mol. The number of anilines is 1. The minimum Gasteiger partial charge on any atom is -0.462 e. The first-order valence-electron chi connectivity index (χ1n) is 10.1. The average molecular weight is 459 g/mol. The van der Waals surface area contributed by atoms with Gasteiger partial charge < -0.3 is 14.6 Å². The number of thiophene rings is 1. The van der Waals surface area contributed by atoms with Gasteiger partial charge in [0.2, 0.25) is 5.91 Å². The van der Waals surface area contributed by atoms with Crippen LogP contribution in [0.15, 0.2) is 29.4 Å². The van der Waals surface area contributed by atoms with Gasteiger partial charge in [0, 0.05) is 17.0 Å². The molecule has 31 heavy (non-hydrogen) atoms. The number of carbonyl (C=O) groups is 2. The van der Waals surface area contributed by atoms with Crippen molar-refractivity contribution in [1.29, 1.82) is 0 Å². The molecule has 1 amide bonds. The van der Waals surface area contributed by atoms with Gasteiger partial charge in [-0.1, -0.05) is 36.0 Å². The second-order valence-electron chi connectivity index (χ2n) is 6.91. The number of ether oxygens (including phenoxy) is 1. The molecule has 0 atom stereocenters. The van der Waals surface area contributed by atoms with E-state index in [-0.39, 0.29) is 18.3 Å². The Hall–Kier alpha value is -2.65. The first-order chi connectivity index (χ1) is 14.9. The van der Waals surface area contributed by atoms with Crippen LogP contribution in [-0.2, 0) is 16.1 Å². The summed E-state index contributed by atoms with van der Waals surface area (Å²) < 4.78 is 7.15. The highest BCUT2D eigenvalue weighted by Crippen LogP contribution is 2.33. The summed E-state index contributed by atoms with van der Waals surface area (Å²) >= 11 is 2.70. The van der Waals surface area contributed by atoms with Crippen molar-refractivity contribution in [2.24, 2.45) is 0 Å². The maximum Gasteiger partial charge on any atom is 0.341 e. The van der Waals surface area contributed by atoms with Gasteiger partial charge in [0.15, 0.2) is 11.0 Å². The van der Waals surface area contributed by atoms with Gasteiger partial charge in [0.25, 0.3) is 0 Å². The molecule has 0 saturated heterocycles. The first-order valence-corrected chi connectivity index (χ1v) is 11.9. The van der Waals surface area contributed by atoms with Crippen molar-refractivity contribution in [3.8, 4) is 11.4 Å². The molecule has 0 spiro atoms. The van der Waals surface area contributed by atoms with Crippen molar-refractivity contribution in [1.82, 2.24) is 14.8 Å². The van der Waals surface area contributed by atoms with E-state index in [0.717, 1.165) is 27.4 Å². The van der Waals surface area contributed by atoms with Gasteiger partial charge in [-0.3, -0.25) is 4.79 Å². The molecule has 3 aromatic rings. The Balaban J connectivity index is 1.74. The Bertz CT molecular complexity index is 1100. The molecular formula is C22H26N4O3S2. The van der Waals surface area contributed by atoms with Crippen molar-refractivity contribution in [3.63, 3.8) is 0 Å². The molecule has 9 heteroatoms. The molecule has 7 nitrogen and oxygen atoms in total. The second-order valence-corrected chi connectivity index (χ2v) is 9.08. The van der Waals surface area contributed by atoms with Crippen LogP contribution in [0.3, 0.4) is 0 Å². The SMILES string of the molecule is CCOC(=O)c1c(NC(=O)CSc2nnc(-c3ccccc3C)n2CC)sc(C)c1C. The van der Waals surface area contributed by atoms with E-state index < -0.39 is 5.97 Å². The summed E-state index contributed by atoms with van der Waals surface area (Å²) in [7, 11) is 0. The summed E-state index contributed by atoms with van der Waals surface area (Å²) in [4.78, 5) is 25.9. The van der Waals surface area contributed by atoms with E-state index in [2.05, 4.69) is 15.5 Å². The molecule has 0 fully saturated rings. The lowest BCUT2D eigenvalue weighted by atomic mass is 10.1. The molecule has 0 aliphatic heterocycles. The summed E-state index contributed by atoms with van der Waals surface area (Å²) in [5.41, 5.74) is 3.41. The third-order valence-corrected chi connectivity index (χ3v) is 6.96. The van der Waals surface area contributed by atoms with Gasteiger partial charge in [-0.2, -0.15) is 0 Å². The molecule has 0 aliphatic rings. The number of thioether (sulfide) groups is 1. The third kappa shape index (κ3) is 4.99. The van der Waals surface area contributed by atoms with E-state index in [1.165, 1.54) is 23.1 Å². The lowest BCUT2D eigenvalue weighted by Gasteiger charge is -2.09. The number of hydrogen-bond acceptors (Lipinski definition) is 7. The van der Waals surface area contributed by atoms with Crippen molar-refractivity contribution in [3.05, 3.63) is 45.8 Å². The van der Waals surface area contributed by atoms with Gasteiger partial charge in [-0.25, -0.2) is 4.79 Å². The summed E-state index contributed by atoms with van der Waals surface area (Å²) in [6, 6.07) is 8.02. The van der Waals surface area contributed by atoms with Crippen LogP contribution in [0, 0.1) is 20.8 Å². The van der Waals surface area contributed by atoms with Crippen LogP contribution in [0.4, 0.5) is 5.00 Å². The molecule has 2 heterocycles. The predicted octanol–water partition coefficient (Wildman–Crippen LogP) is 4.86. The summed E-state index contributed by atoms with van der Waals surface area (Å²) in [6.07, 6.45) is 0. The van der Waals surface area contributed by atoms with Crippen LogP contribution >= 0.6 is 23.1 Å². The highest BCUT2D eigenvalue weighted by molar-refractivity contribution is 7.99. The quantitative estimate of drug-likeness (QED) is 0.383. The van der Waals surface area contributed by atoms with Gasteiger partial charge in [0.05, 0.1) is 17.9 Å². The fraction of sp³-hybridized carbons (Fsp3) is 0.364. The molecule has 0 saturated carbocycles. The highest BCUT2D eigenvalue weighted by Gasteiger charge is 2.22. The number of amides is 1. The van der Waals surface area contributed by atoms with Gasteiger partial charge in [0.1, 0.15) is 5.00 Å². The highest BCUT2D eigenvalue weighted by atomic mass is 32.2. The van der Waals surface area contributed by atoms with E-state index in [4.69, 9.17) is 4.74 Å². The average Bonchev–Trinajstić information content (AvgIpc) is 3.27. The Morgan fingerprint density at radius 1 is 1.16 bits per heavy atom. The standard InChI is InChI=1S/C22H26N4O3S2/c1-6-26-19(16-11-9-8-10-13(16)3)24-25-22(26)30-12-17(27)23-20-18(21(28)29-7-2)14(4)15(5)31-20/h8-11H,6-7,12H2,1-5H3,(H,23,27). The zero-order chi connectivity index (χ0) is 22.5. The molecule has 0 unspecified atom stereocenters. The molecule has 0 aliphatic carbocycles. The molecule has 1 aromatic carbocycles. The van der Waals surface area contributed by atoms with Gasteiger partial charge in [-0.15, -0.1) is 21.5 Å². The lowest BCUT2D eigenvalue weighted by molar-refractivity contribution is -0.113. The number of carbonyl (C=O) groups excluding carboxylic acids is 2. The molecule has 164 valence electrons. The normalized spacial score (nSPS) is 10.9. The zero-order valence-electron chi connectivity index (χ0n) is 18.3. The molecule has 2 aromatic heterocycles. The molecular weight excluding hydrogens is 432 g/mol. The molecule has 0 bridgehead atoms. The maximum absolute atomic E-state index is 12.6. The van der Waals surface area contributed by atoms with E-state index in [1.54, 1.807) is 6.92 Å². The minimum absolute atomic E-state index is 0.157. The van der Waals surface area contributed by atoms with Crippen LogP contribution in [0.25, 0.3) is 11.4 Å². The van der Waals surface area contributed by atoms with Crippen LogP contribution in [0.5, 0.6) is 0 Å². The van der Waals surface area contributed by atoms with E-state index in [1.807, 2.05) is 56.5 Å². The summed E-state index contributed by atoms with van der Waals surface area (Å²) in [6.45, 7) is 10.6. The van der Waals surface area contributed by atoms with E-state index in [0.29, 0.717) is 22.3 Å². The lowest BCUT2D eigenvalue weighted by Crippen LogP contribution is -2.17. The third-order valence-electron chi connectivity index (χ3n) is 4.87. The van der Waals surface area contributed by atoms with Crippen molar-refractivity contribution in [2.45, 2.75) is 46.3 Å². The largest absolute Gasteiger partial charge is 0.462 e. The maximum atomic E-state index is 12.6. The topological polar surface area (TPSA) is 86.1 Å². The first kappa shape index (κ1) is 23.0. The van der Waals surface area contributed by atoms with Crippen LogP contribution in [0.1, 0.15) is 40.2 Å². The van der Waals surface area contributed by atoms with Crippen molar-refractivity contribution < 1.29 is 14.3 Å². The fourth-order valence-electron chi connectivity index (χ4n) is 3.16. The number of aromatic nitrogens is 3. The Kier molecular flexibility index (Phi) is 7.50. The smallest absolute Gasteiger partial charge is 0.341 e. The monoisotopic (exact) mass is 458 g/mol.